The zero-order chi connectivity index (χ0) is 23.2. The molecule has 0 spiro atoms. The van der Waals surface area contributed by atoms with Gasteiger partial charge in [-0.3, -0.25) is 9.52 Å². The molecule has 1 unspecified atom stereocenters. The highest BCUT2D eigenvalue weighted by Crippen LogP contribution is 2.27. The number of nitrogens with one attached hydrogen (secondary N) is 2. The van der Waals surface area contributed by atoms with Crippen LogP contribution in [0.3, 0.4) is 0 Å². The van der Waals surface area contributed by atoms with Crippen molar-refractivity contribution in [2.75, 3.05) is 25.0 Å². The van der Waals surface area contributed by atoms with Crippen LogP contribution in [0, 0.1) is 6.92 Å². The van der Waals surface area contributed by atoms with E-state index in [1.165, 1.54) is 26.2 Å². The normalized spacial score (nSPS) is 12.8. The van der Waals surface area contributed by atoms with Gasteiger partial charge in [0, 0.05) is 17.3 Å². The standard InChI is InChI=1S/C20H23F3N2O5S/c1-13-4-7-16(8-5-13)25-31(27,28)18-10-15(6-9-17(18)29-3)19(26)24-14(2)11-30-12-20(21,22)23/h4-10,14,25H,11-12H2,1-3H3,(H,24,26). The summed E-state index contributed by atoms with van der Waals surface area (Å²) in [6, 6.07) is 9.74. The van der Waals surface area contributed by atoms with Gasteiger partial charge < -0.3 is 14.8 Å². The molecule has 0 saturated heterocycles. The summed E-state index contributed by atoms with van der Waals surface area (Å²) in [6.45, 7) is 1.54. The zero-order valence-corrected chi connectivity index (χ0v) is 17.9. The fourth-order valence-corrected chi connectivity index (χ4v) is 3.81. The molecule has 11 heteroatoms. The summed E-state index contributed by atoms with van der Waals surface area (Å²) in [6.07, 6.45) is -4.46. The molecule has 7 nitrogen and oxygen atoms in total. The lowest BCUT2D eigenvalue weighted by Gasteiger charge is -2.16. The first-order valence-corrected chi connectivity index (χ1v) is 10.6. The Balaban J connectivity index is 2.17. The number of sulfonamides is 1. The van der Waals surface area contributed by atoms with Gasteiger partial charge in [0.15, 0.2) is 0 Å². The molecule has 0 aliphatic carbocycles. The van der Waals surface area contributed by atoms with Crippen LogP contribution < -0.4 is 14.8 Å². The molecule has 0 saturated carbocycles. The molecular weight excluding hydrogens is 437 g/mol. The Morgan fingerprint density at radius 1 is 1.13 bits per heavy atom. The van der Waals surface area contributed by atoms with E-state index >= 15 is 0 Å². The topological polar surface area (TPSA) is 93.7 Å². The predicted octanol–water partition coefficient (Wildman–Crippen LogP) is 3.50. The molecule has 0 radical (unpaired) electrons. The monoisotopic (exact) mass is 460 g/mol. The summed E-state index contributed by atoms with van der Waals surface area (Å²) in [4.78, 5) is 12.2. The summed E-state index contributed by atoms with van der Waals surface area (Å²) < 4.78 is 74.2. The maximum atomic E-state index is 12.8. The van der Waals surface area contributed by atoms with Gasteiger partial charge in [-0.15, -0.1) is 0 Å². The van der Waals surface area contributed by atoms with E-state index in [2.05, 4.69) is 14.8 Å². The molecule has 1 atom stereocenters. The van der Waals surface area contributed by atoms with E-state index in [1.54, 1.807) is 24.3 Å². The number of carbonyl (C=O) groups is 1. The molecular formula is C20H23F3N2O5S. The lowest BCUT2D eigenvalue weighted by molar-refractivity contribution is -0.174. The largest absolute Gasteiger partial charge is 0.495 e. The number of rotatable bonds is 9. The van der Waals surface area contributed by atoms with Crippen molar-refractivity contribution in [1.29, 1.82) is 0 Å². The Hall–Kier alpha value is -2.79. The summed E-state index contributed by atoms with van der Waals surface area (Å²) in [5.41, 5.74) is 1.28. The van der Waals surface area contributed by atoms with Gasteiger partial charge in [-0.25, -0.2) is 8.42 Å². The molecule has 1 amide bonds. The molecule has 0 heterocycles. The molecule has 2 N–H and O–H groups in total. The van der Waals surface area contributed by atoms with Gasteiger partial charge in [0.1, 0.15) is 17.3 Å². The third kappa shape index (κ3) is 7.44. The molecule has 2 rings (SSSR count). The van der Waals surface area contributed by atoms with Crippen LogP contribution in [0.15, 0.2) is 47.4 Å². The molecule has 31 heavy (non-hydrogen) atoms. The summed E-state index contributed by atoms with van der Waals surface area (Å²) >= 11 is 0. The highest BCUT2D eigenvalue weighted by molar-refractivity contribution is 7.92. The number of alkyl halides is 3. The van der Waals surface area contributed by atoms with E-state index in [-0.39, 0.29) is 22.8 Å². The Kier molecular flexibility index (Phi) is 7.91. The number of benzene rings is 2. The number of hydrogen-bond donors (Lipinski definition) is 2. The highest BCUT2D eigenvalue weighted by Gasteiger charge is 2.28. The number of methoxy groups -OCH3 is 1. The van der Waals surface area contributed by atoms with Crippen LogP contribution in [0.2, 0.25) is 0 Å². The molecule has 0 aliphatic rings. The fraction of sp³-hybridized carbons (Fsp3) is 0.350. The average Bonchev–Trinajstić information content (AvgIpc) is 2.68. The van der Waals surface area contributed by atoms with Crippen molar-refractivity contribution in [2.45, 2.75) is 31.0 Å². The molecule has 2 aromatic carbocycles. The van der Waals surface area contributed by atoms with E-state index in [4.69, 9.17) is 4.74 Å². The van der Waals surface area contributed by atoms with Crippen LogP contribution in [-0.2, 0) is 14.8 Å². The van der Waals surface area contributed by atoms with Crippen molar-refractivity contribution >= 4 is 21.6 Å². The lowest BCUT2D eigenvalue weighted by Crippen LogP contribution is -2.37. The van der Waals surface area contributed by atoms with E-state index in [9.17, 15) is 26.4 Å². The summed E-state index contributed by atoms with van der Waals surface area (Å²) in [5.74, 6) is -0.643. The molecule has 0 fully saturated rings. The maximum absolute atomic E-state index is 12.8. The number of halogens is 3. The van der Waals surface area contributed by atoms with E-state index in [0.717, 1.165) is 11.6 Å². The van der Waals surface area contributed by atoms with Crippen molar-refractivity contribution in [1.82, 2.24) is 5.32 Å². The van der Waals surface area contributed by atoms with Gasteiger partial charge in [-0.05, 0) is 44.2 Å². The van der Waals surface area contributed by atoms with Gasteiger partial charge in [-0.2, -0.15) is 13.2 Å². The Labute approximate surface area is 178 Å². The third-order valence-corrected chi connectivity index (χ3v) is 5.43. The second-order valence-corrected chi connectivity index (χ2v) is 8.49. The Morgan fingerprint density at radius 3 is 2.35 bits per heavy atom. The Bertz CT molecular complexity index is 1010. The molecule has 0 aliphatic heterocycles. The minimum absolute atomic E-state index is 0.00671. The van der Waals surface area contributed by atoms with Crippen LogP contribution >= 0.6 is 0 Å². The lowest BCUT2D eigenvalue weighted by atomic mass is 10.2. The van der Waals surface area contributed by atoms with Crippen molar-refractivity contribution < 1.29 is 35.9 Å². The number of carbonyl (C=O) groups excluding carboxylic acids is 1. The minimum Gasteiger partial charge on any atom is -0.495 e. The first-order chi connectivity index (χ1) is 14.4. The smallest absolute Gasteiger partial charge is 0.411 e. The number of ether oxygens (including phenoxy) is 2. The molecule has 0 aromatic heterocycles. The van der Waals surface area contributed by atoms with Crippen LogP contribution in [0.1, 0.15) is 22.8 Å². The SMILES string of the molecule is COc1ccc(C(=O)NC(C)COCC(F)(F)F)cc1S(=O)(=O)Nc1ccc(C)cc1. The summed E-state index contributed by atoms with van der Waals surface area (Å²) in [5, 5.41) is 2.47. The second kappa shape index (κ2) is 10.0. The van der Waals surface area contributed by atoms with Gasteiger partial charge in [-0.1, -0.05) is 17.7 Å². The zero-order valence-electron chi connectivity index (χ0n) is 17.1. The first kappa shape index (κ1) is 24.5. The van der Waals surface area contributed by atoms with Crippen LogP contribution in [-0.4, -0.2) is 46.9 Å². The van der Waals surface area contributed by atoms with Crippen LogP contribution in [0.4, 0.5) is 18.9 Å². The van der Waals surface area contributed by atoms with E-state index < -0.39 is 34.8 Å². The van der Waals surface area contributed by atoms with Gasteiger partial charge >= 0.3 is 6.18 Å². The van der Waals surface area contributed by atoms with Gasteiger partial charge in [0.2, 0.25) is 0 Å². The minimum atomic E-state index is -4.46. The first-order valence-electron chi connectivity index (χ1n) is 9.14. The van der Waals surface area contributed by atoms with E-state index in [1.807, 2.05) is 6.92 Å². The Morgan fingerprint density at radius 2 is 1.77 bits per heavy atom. The quantitative estimate of drug-likeness (QED) is 0.598. The van der Waals surface area contributed by atoms with Gasteiger partial charge in [0.05, 0.1) is 13.7 Å². The van der Waals surface area contributed by atoms with Crippen LogP contribution in [0.25, 0.3) is 0 Å². The van der Waals surface area contributed by atoms with Crippen molar-refractivity contribution in [3.05, 3.63) is 53.6 Å². The van der Waals surface area contributed by atoms with Crippen molar-refractivity contribution in [3.8, 4) is 5.75 Å². The number of aryl methyl sites for hydroxylation is 1. The predicted molar refractivity (Wildman–Crippen MR) is 109 cm³/mol. The highest BCUT2D eigenvalue weighted by atomic mass is 32.2. The third-order valence-electron chi connectivity index (χ3n) is 4.03. The number of anilines is 1. The van der Waals surface area contributed by atoms with Crippen molar-refractivity contribution in [2.24, 2.45) is 0 Å². The van der Waals surface area contributed by atoms with Crippen LogP contribution in [0.5, 0.6) is 5.75 Å². The van der Waals surface area contributed by atoms with Crippen molar-refractivity contribution in [3.63, 3.8) is 0 Å². The molecule has 2 aromatic rings. The van der Waals surface area contributed by atoms with E-state index in [0.29, 0.717) is 5.69 Å². The van der Waals surface area contributed by atoms with Gasteiger partial charge in [0.25, 0.3) is 15.9 Å². The maximum Gasteiger partial charge on any atom is 0.411 e. The fourth-order valence-electron chi connectivity index (χ4n) is 2.56. The number of hydrogen-bond acceptors (Lipinski definition) is 5. The number of amides is 1. The average molecular weight is 460 g/mol. The second-order valence-electron chi connectivity index (χ2n) is 6.84. The summed E-state index contributed by atoms with van der Waals surface area (Å²) in [7, 11) is -2.80. The molecule has 170 valence electrons. The molecule has 0 bridgehead atoms.